The summed E-state index contributed by atoms with van der Waals surface area (Å²) in [6.45, 7) is 2.26. The molecule has 0 aromatic carbocycles. The summed E-state index contributed by atoms with van der Waals surface area (Å²) in [4.78, 5) is 25.4. The number of rotatable bonds is 1. The Kier molecular flexibility index (Phi) is 2.41. The quantitative estimate of drug-likeness (QED) is 0.535. The molecule has 0 amide bonds. The van der Waals surface area contributed by atoms with Crippen LogP contribution in [0.15, 0.2) is 21.7 Å². The number of hydrogen-bond acceptors (Lipinski definition) is 2. The molecule has 0 radical (unpaired) electrons. The lowest BCUT2D eigenvalue weighted by Gasteiger charge is -2.58. The van der Waals surface area contributed by atoms with Crippen LogP contribution in [-0.4, -0.2) is 23.6 Å². The molecule has 2 aliphatic carbocycles. The first-order valence-electron chi connectivity index (χ1n) is 6.48. The summed E-state index contributed by atoms with van der Waals surface area (Å²) in [6, 6.07) is 0.00218. The van der Waals surface area contributed by atoms with E-state index in [1.807, 2.05) is 6.92 Å². The first-order valence-corrected chi connectivity index (χ1v) is 8.31. The second-order valence-electron chi connectivity index (χ2n) is 5.41. The van der Waals surface area contributed by atoms with Crippen LogP contribution in [0.5, 0.6) is 0 Å². The van der Waals surface area contributed by atoms with E-state index in [0.717, 1.165) is 0 Å². The molecule has 1 aromatic heterocycles. The molecule has 19 heavy (non-hydrogen) atoms. The molecular weight excluding hydrogens is 378 g/mol. The van der Waals surface area contributed by atoms with Gasteiger partial charge in [-0.25, -0.2) is 23.5 Å². The van der Waals surface area contributed by atoms with Gasteiger partial charge in [-0.05, 0) is 6.92 Å². The van der Waals surface area contributed by atoms with Crippen LogP contribution >= 0.6 is 31.9 Å². The Bertz CT molecular complexity index is 645. The van der Waals surface area contributed by atoms with Gasteiger partial charge in [0.1, 0.15) is 0 Å². The zero-order valence-corrected chi connectivity index (χ0v) is 13.4. The molecule has 2 bridgehead atoms. The lowest BCUT2D eigenvalue weighted by Crippen LogP contribution is -2.63. The number of allylic oxidation sites excluding steroid dienone is 2. The van der Waals surface area contributed by atoms with E-state index in [0.29, 0.717) is 28.0 Å². The summed E-state index contributed by atoms with van der Waals surface area (Å²) in [7, 11) is 0. The molecule has 0 saturated heterocycles. The second-order valence-corrected chi connectivity index (χ2v) is 7.52. The fourth-order valence-corrected chi connectivity index (χ4v) is 5.87. The Balaban J connectivity index is 1.99. The van der Waals surface area contributed by atoms with Gasteiger partial charge in [-0.15, -0.1) is 0 Å². The first kappa shape index (κ1) is 12.2. The highest BCUT2D eigenvalue weighted by Crippen LogP contribution is 2.59. The third-order valence-corrected chi connectivity index (χ3v) is 7.81. The molecule has 5 rings (SSSR count). The number of hydrogen-bond donors (Lipinski definition) is 0. The Hall–Kier alpha value is -0.560. The maximum absolute atomic E-state index is 12.4. The van der Waals surface area contributed by atoms with E-state index in [2.05, 4.69) is 44.0 Å². The molecule has 0 spiro atoms. The van der Waals surface area contributed by atoms with Gasteiger partial charge in [-0.1, -0.05) is 44.0 Å². The minimum Gasteiger partial charge on any atom is -0.246 e. The lowest BCUT2D eigenvalue weighted by atomic mass is 9.62. The summed E-state index contributed by atoms with van der Waals surface area (Å²) < 4.78 is 4.64. The maximum atomic E-state index is 12.4. The minimum absolute atomic E-state index is 0.00109. The van der Waals surface area contributed by atoms with Crippen molar-refractivity contribution in [3.8, 4) is 0 Å². The van der Waals surface area contributed by atoms with Crippen molar-refractivity contribution in [3.63, 3.8) is 0 Å². The summed E-state index contributed by atoms with van der Waals surface area (Å²) in [5.41, 5.74) is -0.356. The molecule has 6 atom stereocenters. The molecule has 3 heterocycles. The van der Waals surface area contributed by atoms with E-state index in [-0.39, 0.29) is 23.5 Å². The van der Waals surface area contributed by atoms with Crippen molar-refractivity contribution in [2.24, 2.45) is 11.8 Å². The number of alkyl halides is 2. The van der Waals surface area contributed by atoms with Crippen molar-refractivity contribution in [1.29, 1.82) is 0 Å². The van der Waals surface area contributed by atoms with E-state index >= 15 is 0 Å². The van der Waals surface area contributed by atoms with E-state index in [9.17, 15) is 9.59 Å². The Morgan fingerprint density at radius 2 is 1.42 bits per heavy atom. The van der Waals surface area contributed by atoms with Crippen LogP contribution in [0.25, 0.3) is 0 Å². The van der Waals surface area contributed by atoms with Gasteiger partial charge in [0, 0.05) is 28.0 Å². The Morgan fingerprint density at radius 3 is 1.79 bits per heavy atom. The van der Waals surface area contributed by atoms with Crippen molar-refractivity contribution in [3.05, 3.63) is 33.1 Å². The molecule has 1 saturated carbocycles. The highest BCUT2D eigenvalue weighted by Gasteiger charge is 2.60. The fraction of sp³-hybridized carbons (Fsp3) is 0.667. The smallest absolute Gasteiger partial charge is 0.246 e. The maximum Gasteiger partial charge on any atom is 0.347 e. The molecule has 4 aliphatic rings. The molecule has 7 heteroatoms. The third-order valence-electron chi connectivity index (χ3n) is 4.75. The monoisotopic (exact) mass is 389 g/mol. The van der Waals surface area contributed by atoms with Crippen LogP contribution in [0.3, 0.4) is 0 Å². The average molecular weight is 391 g/mol. The van der Waals surface area contributed by atoms with Gasteiger partial charge in [0.2, 0.25) is 0 Å². The fourth-order valence-electron chi connectivity index (χ4n) is 3.84. The SMILES string of the molecule is CCn1c(=O)n2n(c1=O)[C@H]1C=C[C@H]2[C@@H]2[C@H](Br)[C@H](Br)[C@H]21. The van der Waals surface area contributed by atoms with Crippen molar-refractivity contribution in [1.82, 2.24) is 13.9 Å². The average Bonchev–Trinajstić information content (AvgIpc) is 2.70. The van der Waals surface area contributed by atoms with Gasteiger partial charge in [0.25, 0.3) is 0 Å². The molecule has 2 aliphatic heterocycles. The number of halogens is 2. The van der Waals surface area contributed by atoms with Crippen LogP contribution in [0, 0.1) is 11.8 Å². The molecule has 1 fully saturated rings. The van der Waals surface area contributed by atoms with Crippen LogP contribution in [0.2, 0.25) is 0 Å². The summed E-state index contributed by atoms with van der Waals surface area (Å²) in [5.74, 6) is 0.786. The third kappa shape index (κ3) is 1.22. The van der Waals surface area contributed by atoms with Crippen molar-refractivity contribution >= 4 is 31.9 Å². The van der Waals surface area contributed by atoms with Crippen LogP contribution in [0.4, 0.5) is 0 Å². The van der Waals surface area contributed by atoms with Crippen LogP contribution in [0.1, 0.15) is 19.0 Å². The van der Waals surface area contributed by atoms with E-state index < -0.39 is 0 Å². The van der Waals surface area contributed by atoms with E-state index in [1.165, 1.54) is 4.57 Å². The van der Waals surface area contributed by atoms with Gasteiger partial charge in [-0.3, -0.25) is 0 Å². The van der Waals surface area contributed by atoms with Gasteiger partial charge < -0.3 is 0 Å². The van der Waals surface area contributed by atoms with Gasteiger partial charge >= 0.3 is 11.4 Å². The molecule has 102 valence electrons. The summed E-state index contributed by atoms with van der Waals surface area (Å²) in [5, 5.41) is 0. The molecule has 1 aromatic rings. The van der Waals surface area contributed by atoms with Gasteiger partial charge in [0.05, 0.1) is 12.1 Å². The molecule has 5 nitrogen and oxygen atoms in total. The van der Waals surface area contributed by atoms with E-state index in [4.69, 9.17) is 0 Å². The standard InChI is InChI=1S/C12H13Br2N3O2/c1-2-15-11(18)16-5-3-4-6(17(16)12(15)19)8-7(5)9(13)10(8)14/h3-10H,2H2,1H3/t5-,6-,7-,8-,9-,10+/m0/s1. The van der Waals surface area contributed by atoms with E-state index in [1.54, 1.807) is 9.36 Å². The topological polar surface area (TPSA) is 48.9 Å². The predicted octanol–water partition coefficient (Wildman–Crippen LogP) is 1.27. The van der Waals surface area contributed by atoms with Gasteiger partial charge in [-0.2, -0.15) is 0 Å². The zero-order chi connectivity index (χ0) is 13.5. The van der Waals surface area contributed by atoms with Gasteiger partial charge in [0.15, 0.2) is 0 Å². The Labute approximate surface area is 126 Å². The second kappa shape index (κ2) is 3.75. The number of nitrogens with zero attached hydrogens (tertiary/aromatic N) is 3. The zero-order valence-electron chi connectivity index (χ0n) is 10.2. The highest BCUT2D eigenvalue weighted by atomic mass is 79.9. The molecule has 0 N–H and O–H groups in total. The summed E-state index contributed by atoms with van der Waals surface area (Å²) >= 11 is 7.40. The first-order chi connectivity index (χ1) is 9.07. The van der Waals surface area contributed by atoms with Crippen LogP contribution in [-0.2, 0) is 6.54 Å². The predicted molar refractivity (Wildman–Crippen MR) is 78.3 cm³/mol. The highest BCUT2D eigenvalue weighted by molar-refractivity contribution is 9.12. The Morgan fingerprint density at radius 1 is 1.00 bits per heavy atom. The molecule has 0 unspecified atom stereocenters. The molecular formula is C12H13Br2N3O2. The van der Waals surface area contributed by atoms with Crippen molar-refractivity contribution < 1.29 is 0 Å². The minimum atomic E-state index is -0.178. The van der Waals surface area contributed by atoms with Crippen LogP contribution < -0.4 is 11.4 Å². The normalized spacial score (nSPS) is 41.8. The number of aromatic nitrogens is 3. The summed E-state index contributed by atoms with van der Waals surface area (Å²) in [6.07, 6.45) is 4.17. The van der Waals surface area contributed by atoms with Crippen molar-refractivity contribution in [2.45, 2.75) is 35.2 Å². The largest absolute Gasteiger partial charge is 0.347 e. The van der Waals surface area contributed by atoms with Crippen molar-refractivity contribution in [2.75, 3.05) is 0 Å². The lowest BCUT2D eigenvalue weighted by molar-refractivity contribution is 0.0346.